The Morgan fingerprint density at radius 1 is 1.18 bits per heavy atom. The fourth-order valence-corrected chi connectivity index (χ4v) is 1.35. The number of nitrogens with one attached hydrogen (secondary N) is 1. The normalized spacial score (nSPS) is 15.1. The summed E-state index contributed by atoms with van der Waals surface area (Å²) in [6.07, 6.45) is 9.39. The molecule has 0 aromatic rings. The molecule has 1 atom stereocenters. The zero-order valence-electron chi connectivity index (χ0n) is 10.5. The van der Waals surface area contributed by atoms with Gasteiger partial charge in [-0.25, -0.2) is 0 Å². The van der Waals surface area contributed by atoms with Crippen LogP contribution in [0.15, 0.2) is 36.1 Å². The third-order valence-electron chi connectivity index (χ3n) is 2.43. The molecule has 4 N–H and O–H groups in total. The second-order valence-electron chi connectivity index (χ2n) is 3.85. The molecule has 0 aromatic heterocycles. The minimum atomic E-state index is -0.356. The van der Waals surface area contributed by atoms with Crippen LogP contribution in [0.4, 0.5) is 0 Å². The molecule has 4 heteroatoms. The fourth-order valence-electron chi connectivity index (χ4n) is 1.35. The van der Waals surface area contributed by atoms with Crippen molar-refractivity contribution >= 4 is 0 Å². The molecule has 0 amide bonds. The van der Waals surface area contributed by atoms with E-state index < -0.39 is 0 Å². The lowest BCUT2D eigenvalue weighted by atomic mass is 10.0. The average molecular weight is 241 g/mol. The average Bonchev–Trinajstić information content (AvgIpc) is 2.33. The summed E-state index contributed by atoms with van der Waals surface area (Å²) in [4.78, 5) is 0. The summed E-state index contributed by atoms with van der Waals surface area (Å²) in [6.45, 7) is 3.49. The quantitative estimate of drug-likeness (QED) is 0.469. The molecule has 0 saturated heterocycles. The first-order chi connectivity index (χ1) is 8.19. The lowest BCUT2D eigenvalue weighted by Crippen LogP contribution is -2.39. The van der Waals surface area contributed by atoms with E-state index in [-0.39, 0.29) is 31.8 Å². The summed E-state index contributed by atoms with van der Waals surface area (Å²) in [5, 5.41) is 30.0. The van der Waals surface area contributed by atoms with Crippen LogP contribution in [0, 0.1) is 5.92 Å². The minimum absolute atomic E-state index is 0.131. The van der Waals surface area contributed by atoms with E-state index in [0.717, 1.165) is 5.57 Å². The largest absolute Gasteiger partial charge is 0.396 e. The third kappa shape index (κ3) is 6.94. The highest BCUT2D eigenvalue weighted by molar-refractivity contribution is 5.20. The fraction of sp³-hybridized carbons (Fsp3) is 0.538. The molecule has 0 heterocycles. The maximum atomic E-state index is 9.11. The van der Waals surface area contributed by atoms with Gasteiger partial charge in [-0.05, 0) is 26.1 Å². The smallest absolute Gasteiger partial charge is 0.0637 e. The molecule has 0 bridgehead atoms. The van der Waals surface area contributed by atoms with Gasteiger partial charge >= 0.3 is 0 Å². The molecule has 0 aromatic carbocycles. The van der Waals surface area contributed by atoms with Crippen LogP contribution in [0.5, 0.6) is 0 Å². The zero-order valence-corrected chi connectivity index (χ0v) is 10.5. The maximum Gasteiger partial charge on any atom is 0.0637 e. The Labute approximate surface area is 103 Å². The monoisotopic (exact) mass is 241 g/mol. The minimum Gasteiger partial charge on any atom is -0.396 e. The van der Waals surface area contributed by atoms with Crippen LogP contribution in [0.3, 0.4) is 0 Å². The zero-order chi connectivity index (χ0) is 13.1. The molecule has 17 heavy (non-hydrogen) atoms. The van der Waals surface area contributed by atoms with Crippen molar-refractivity contribution in [3.8, 4) is 0 Å². The molecule has 1 unspecified atom stereocenters. The van der Waals surface area contributed by atoms with E-state index >= 15 is 0 Å². The number of hydrogen-bond acceptors (Lipinski definition) is 4. The van der Waals surface area contributed by atoms with Crippen LogP contribution in [-0.2, 0) is 0 Å². The number of allylic oxidation sites excluding steroid dienone is 5. The Balaban J connectivity index is 4.23. The van der Waals surface area contributed by atoms with E-state index in [2.05, 4.69) is 5.32 Å². The summed E-state index contributed by atoms with van der Waals surface area (Å²) in [6, 6.07) is -0.336. The van der Waals surface area contributed by atoms with Crippen molar-refractivity contribution in [1.29, 1.82) is 0 Å². The Hall–Kier alpha value is -1.10. The second kappa shape index (κ2) is 10.1. The summed E-state index contributed by atoms with van der Waals surface area (Å²) >= 11 is 0. The standard InChI is InChI=1S/C13H23NO3/c1-3-5-11(2)6-4-7-14-13(10-17)12(8-15)9-16/h3-7,12-17H,8-10H2,1-2H3/b5-3-,7-4+,11-6-. The van der Waals surface area contributed by atoms with Crippen molar-refractivity contribution < 1.29 is 15.3 Å². The van der Waals surface area contributed by atoms with Gasteiger partial charge in [-0.3, -0.25) is 0 Å². The predicted octanol–water partition coefficient (Wildman–Crippen LogP) is 0.574. The molecule has 0 fully saturated rings. The highest BCUT2D eigenvalue weighted by atomic mass is 16.3. The summed E-state index contributed by atoms with van der Waals surface area (Å²) < 4.78 is 0. The topological polar surface area (TPSA) is 72.7 Å². The number of hydrogen-bond donors (Lipinski definition) is 4. The van der Waals surface area contributed by atoms with Crippen LogP contribution >= 0.6 is 0 Å². The molecule has 0 rings (SSSR count). The van der Waals surface area contributed by atoms with Crippen LogP contribution < -0.4 is 5.32 Å². The second-order valence-corrected chi connectivity index (χ2v) is 3.85. The van der Waals surface area contributed by atoms with Gasteiger partial charge in [-0.15, -0.1) is 0 Å². The molecule has 4 nitrogen and oxygen atoms in total. The van der Waals surface area contributed by atoms with E-state index in [1.807, 2.05) is 38.2 Å². The first-order valence-electron chi connectivity index (χ1n) is 5.74. The SMILES string of the molecule is C\C=C/C(C)=C\C=C\NC(CO)C(CO)CO. The third-order valence-corrected chi connectivity index (χ3v) is 2.43. The molecule has 98 valence electrons. The molecule has 0 aliphatic heterocycles. The van der Waals surface area contributed by atoms with Gasteiger partial charge in [0.2, 0.25) is 0 Å². The maximum absolute atomic E-state index is 9.11. The Bertz CT molecular complexity index is 268. The summed E-state index contributed by atoms with van der Waals surface area (Å²) in [7, 11) is 0. The van der Waals surface area contributed by atoms with Crippen LogP contribution in [0.2, 0.25) is 0 Å². The van der Waals surface area contributed by atoms with Gasteiger partial charge in [0.05, 0.1) is 25.9 Å². The van der Waals surface area contributed by atoms with Gasteiger partial charge in [0.1, 0.15) is 0 Å². The Kier molecular flexibility index (Phi) is 9.43. The van der Waals surface area contributed by atoms with Crippen molar-refractivity contribution in [2.24, 2.45) is 5.92 Å². The highest BCUT2D eigenvalue weighted by Gasteiger charge is 2.17. The van der Waals surface area contributed by atoms with Crippen molar-refractivity contribution in [2.45, 2.75) is 19.9 Å². The van der Waals surface area contributed by atoms with Gasteiger partial charge in [-0.1, -0.05) is 23.8 Å². The van der Waals surface area contributed by atoms with Crippen LogP contribution in [0.1, 0.15) is 13.8 Å². The van der Waals surface area contributed by atoms with E-state index in [9.17, 15) is 0 Å². The number of rotatable bonds is 8. The van der Waals surface area contributed by atoms with Crippen molar-refractivity contribution in [2.75, 3.05) is 19.8 Å². The van der Waals surface area contributed by atoms with Crippen molar-refractivity contribution in [3.05, 3.63) is 36.1 Å². The van der Waals surface area contributed by atoms with Crippen LogP contribution in [-0.4, -0.2) is 41.2 Å². The van der Waals surface area contributed by atoms with E-state index in [0.29, 0.717) is 0 Å². The van der Waals surface area contributed by atoms with Gasteiger partial charge in [0.25, 0.3) is 0 Å². The molecule has 0 spiro atoms. The molecular formula is C13H23NO3. The molecule has 0 aliphatic carbocycles. The molecule has 0 aliphatic rings. The Morgan fingerprint density at radius 3 is 2.29 bits per heavy atom. The first-order valence-corrected chi connectivity index (χ1v) is 5.74. The Morgan fingerprint density at radius 2 is 1.82 bits per heavy atom. The van der Waals surface area contributed by atoms with E-state index in [1.54, 1.807) is 6.20 Å². The molecular weight excluding hydrogens is 218 g/mol. The van der Waals surface area contributed by atoms with Crippen molar-refractivity contribution in [3.63, 3.8) is 0 Å². The summed E-state index contributed by atoms with van der Waals surface area (Å²) in [5.74, 6) is -0.356. The van der Waals surface area contributed by atoms with Gasteiger partial charge in [0, 0.05) is 5.92 Å². The van der Waals surface area contributed by atoms with E-state index in [1.165, 1.54) is 0 Å². The summed E-state index contributed by atoms with van der Waals surface area (Å²) in [5.41, 5.74) is 1.12. The number of aliphatic hydroxyl groups is 3. The number of aliphatic hydroxyl groups excluding tert-OH is 3. The molecule has 0 saturated carbocycles. The van der Waals surface area contributed by atoms with Crippen LogP contribution in [0.25, 0.3) is 0 Å². The van der Waals surface area contributed by atoms with Crippen molar-refractivity contribution in [1.82, 2.24) is 5.32 Å². The highest BCUT2D eigenvalue weighted by Crippen LogP contribution is 2.02. The van der Waals surface area contributed by atoms with Gasteiger partial charge in [0.15, 0.2) is 0 Å². The predicted molar refractivity (Wildman–Crippen MR) is 69.4 cm³/mol. The van der Waals surface area contributed by atoms with Gasteiger partial charge in [-0.2, -0.15) is 0 Å². The lowest BCUT2D eigenvalue weighted by Gasteiger charge is -2.21. The lowest BCUT2D eigenvalue weighted by molar-refractivity contribution is 0.0973. The first kappa shape index (κ1) is 15.9. The van der Waals surface area contributed by atoms with Gasteiger partial charge < -0.3 is 20.6 Å². The van der Waals surface area contributed by atoms with E-state index in [4.69, 9.17) is 15.3 Å². The molecule has 0 radical (unpaired) electrons.